The van der Waals surface area contributed by atoms with Gasteiger partial charge in [-0.3, -0.25) is 4.98 Å². The number of amides is 1. The average molecular weight is 470 g/mol. The summed E-state index contributed by atoms with van der Waals surface area (Å²) in [4.78, 5) is 27.4. The summed E-state index contributed by atoms with van der Waals surface area (Å²) in [5, 5.41) is 10.6. The van der Waals surface area contributed by atoms with Crippen molar-refractivity contribution in [3.63, 3.8) is 0 Å². The molecule has 10 heteroatoms. The van der Waals surface area contributed by atoms with Gasteiger partial charge in [-0.15, -0.1) is 0 Å². The molecule has 4 aromatic rings. The first-order chi connectivity index (χ1) is 15.9. The molecule has 1 atom stereocenters. The normalized spacial score (nSPS) is 16.5. The molecule has 1 aliphatic rings. The monoisotopic (exact) mass is 469 g/mol. The second-order valence-electron chi connectivity index (χ2n) is 7.92. The molecule has 1 aliphatic heterocycles. The van der Waals surface area contributed by atoms with Crippen molar-refractivity contribution >= 4 is 45.2 Å². The van der Waals surface area contributed by atoms with Crippen LogP contribution in [-0.4, -0.2) is 56.7 Å². The topological polar surface area (TPSA) is 82.5 Å². The molecule has 3 heterocycles. The SMILES string of the molecule is CC1CN(C(=O)O)CCN1c1ncnc2c(F)c(-c3cccc4ccc(F)c(Cl)c34)ncc12. The molecule has 1 amide bonds. The molecule has 7 nitrogen and oxygen atoms in total. The van der Waals surface area contributed by atoms with Gasteiger partial charge in [0.05, 0.1) is 10.4 Å². The van der Waals surface area contributed by atoms with Gasteiger partial charge in [-0.25, -0.2) is 23.5 Å². The van der Waals surface area contributed by atoms with E-state index in [0.717, 1.165) is 0 Å². The summed E-state index contributed by atoms with van der Waals surface area (Å²) in [6.07, 6.45) is 1.79. The lowest BCUT2D eigenvalue weighted by Gasteiger charge is -2.39. The van der Waals surface area contributed by atoms with Crippen molar-refractivity contribution in [2.24, 2.45) is 0 Å². The maximum atomic E-state index is 15.7. The Balaban J connectivity index is 1.64. The van der Waals surface area contributed by atoms with Crippen LogP contribution < -0.4 is 4.90 Å². The highest BCUT2D eigenvalue weighted by atomic mass is 35.5. The van der Waals surface area contributed by atoms with Gasteiger partial charge in [0.25, 0.3) is 0 Å². The predicted octanol–water partition coefficient (Wildman–Crippen LogP) is 4.97. The van der Waals surface area contributed by atoms with Crippen LogP contribution in [0.3, 0.4) is 0 Å². The lowest BCUT2D eigenvalue weighted by Crippen LogP contribution is -2.53. The molecule has 0 aliphatic carbocycles. The standard InChI is InChI=1S/C23H18ClF2N5O2/c1-12-10-30(23(32)33)7-8-31(12)22-15-9-27-20(19(26)21(15)28-11-29-22)14-4-2-3-13-5-6-16(25)18(24)17(13)14/h2-6,9,11-12H,7-8,10H2,1H3,(H,32,33). The molecule has 168 valence electrons. The van der Waals surface area contributed by atoms with E-state index in [1.54, 1.807) is 24.3 Å². The molecular formula is C23H18ClF2N5O2. The summed E-state index contributed by atoms with van der Waals surface area (Å²) in [6, 6.07) is 7.81. The lowest BCUT2D eigenvalue weighted by molar-refractivity contribution is 0.136. The number of nitrogens with zero attached hydrogens (tertiary/aromatic N) is 5. The number of hydrogen-bond acceptors (Lipinski definition) is 5. The van der Waals surface area contributed by atoms with Crippen LogP contribution in [0.5, 0.6) is 0 Å². The summed E-state index contributed by atoms with van der Waals surface area (Å²) in [7, 11) is 0. The quantitative estimate of drug-likeness (QED) is 0.446. The van der Waals surface area contributed by atoms with E-state index in [4.69, 9.17) is 11.6 Å². The van der Waals surface area contributed by atoms with Crippen molar-refractivity contribution in [1.82, 2.24) is 19.9 Å². The summed E-state index contributed by atoms with van der Waals surface area (Å²) in [5.74, 6) is -0.782. The van der Waals surface area contributed by atoms with Gasteiger partial charge >= 0.3 is 6.09 Å². The van der Waals surface area contributed by atoms with E-state index in [-0.39, 0.29) is 22.3 Å². The van der Waals surface area contributed by atoms with Gasteiger partial charge < -0.3 is 14.9 Å². The number of halogens is 3. The van der Waals surface area contributed by atoms with Crippen LogP contribution >= 0.6 is 11.6 Å². The van der Waals surface area contributed by atoms with Gasteiger partial charge in [0, 0.05) is 42.8 Å². The molecule has 1 unspecified atom stereocenters. The summed E-state index contributed by atoms with van der Waals surface area (Å²) in [6.45, 7) is 2.89. The smallest absolute Gasteiger partial charge is 0.407 e. The van der Waals surface area contributed by atoms with Crippen molar-refractivity contribution < 1.29 is 18.7 Å². The minimum atomic E-state index is -0.975. The van der Waals surface area contributed by atoms with Crippen LogP contribution in [0.15, 0.2) is 42.9 Å². The minimum absolute atomic E-state index is 0.00833. The molecule has 0 radical (unpaired) electrons. The van der Waals surface area contributed by atoms with Gasteiger partial charge in [-0.2, -0.15) is 0 Å². The van der Waals surface area contributed by atoms with Gasteiger partial charge in [0.1, 0.15) is 29.2 Å². The van der Waals surface area contributed by atoms with E-state index in [2.05, 4.69) is 15.0 Å². The van der Waals surface area contributed by atoms with Gasteiger partial charge in [-0.1, -0.05) is 35.9 Å². The zero-order valence-corrected chi connectivity index (χ0v) is 18.2. The third-order valence-corrected chi connectivity index (χ3v) is 6.33. The van der Waals surface area contributed by atoms with Crippen molar-refractivity contribution in [2.75, 3.05) is 24.5 Å². The van der Waals surface area contributed by atoms with Crippen molar-refractivity contribution in [3.05, 3.63) is 59.5 Å². The first-order valence-corrected chi connectivity index (χ1v) is 10.7. The number of anilines is 1. The molecule has 2 aromatic heterocycles. The Hall–Kier alpha value is -3.59. The van der Waals surface area contributed by atoms with Crippen LogP contribution in [0.4, 0.5) is 19.4 Å². The molecular weight excluding hydrogens is 452 g/mol. The highest BCUT2D eigenvalue weighted by molar-refractivity contribution is 6.36. The second kappa shape index (κ2) is 8.08. The number of carboxylic acid groups (broad SMARTS) is 1. The predicted molar refractivity (Wildman–Crippen MR) is 122 cm³/mol. The van der Waals surface area contributed by atoms with E-state index in [1.165, 1.54) is 23.5 Å². The van der Waals surface area contributed by atoms with E-state index in [1.807, 2.05) is 11.8 Å². The Morgan fingerprint density at radius 3 is 2.73 bits per heavy atom. The Morgan fingerprint density at radius 1 is 1.15 bits per heavy atom. The Morgan fingerprint density at radius 2 is 1.97 bits per heavy atom. The van der Waals surface area contributed by atoms with E-state index in [9.17, 15) is 14.3 Å². The zero-order chi connectivity index (χ0) is 23.3. The maximum absolute atomic E-state index is 15.7. The van der Waals surface area contributed by atoms with Crippen LogP contribution in [0.25, 0.3) is 32.9 Å². The Kier molecular flexibility index (Phi) is 5.20. The van der Waals surface area contributed by atoms with E-state index >= 15 is 4.39 Å². The Bertz CT molecular complexity index is 1420. The summed E-state index contributed by atoms with van der Waals surface area (Å²) in [5.41, 5.74) is 0.441. The molecule has 1 N–H and O–H groups in total. The van der Waals surface area contributed by atoms with Crippen molar-refractivity contribution in [1.29, 1.82) is 0 Å². The lowest BCUT2D eigenvalue weighted by atomic mass is 10.0. The number of rotatable bonds is 2. The van der Waals surface area contributed by atoms with Gasteiger partial charge in [-0.05, 0) is 18.4 Å². The number of piperazine rings is 1. The molecule has 2 aromatic carbocycles. The highest BCUT2D eigenvalue weighted by Crippen LogP contribution is 2.37. The summed E-state index contributed by atoms with van der Waals surface area (Å²) >= 11 is 6.23. The van der Waals surface area contributed by atoms with Crippen molar-refractivity contribution in [3.8, 4) is 11.3 Å². The number of hydrogen-bond donors (Lipinski definition) is 1. The molecule has 1 fully saturated rings. The van der Waals surface area contributed by atoms with E-state index in [0.29, 0.717) is 47.2 Å². The number of aromatic nitrogens is 3. The zero-order valence-electron chi connectivity index (χ0n) is 17.5. The van der Waals surface area contributed by atoms with Crippen LogP contribution in [-0.2, 0) is 0 Å². The third kappa shape index (κ3) is 3.48. The van der Waals surface area contributed by atoms with Crippen LogP contribution in [0.2, 0.25) is 5.02 Å². The molecule has 33 heavy (non-hydrogen) atoms. The first-order valence-electron chi connectivity index (χ1n) is 10.3. The number of fused-ring (bicyclic) bond motifs is 2. The molecule has 0 saturated carbocycles. The fraction of sp³-hybridized carbons (Fsp3) is 0.217. The fourth-order valence-electron chi connectivity index (χ4n) is 4.35. The highest BCUT2D eigenvalue weighted by Gasteiger charge is 2.29. The van der Waals surface area contributed by atoms with Crippen LogP contribution in [0, 0.1) is 11.6 Å². The third-order valence-electron chi connectivity index (χ3n) is 5.96. The fourth-order valence-corrected chi connectivity index (χ4v) is 4.62. The van der Waals surface area contributed by atoms with E-state index < -0.39 is 17.7 Å². The second-order valence-corrected chi connectivity index (χ2v) is 8.29. The molecule has 0 spiro atoms. The molecule has 1 saturated heterocycles. The number of pyridine rings is 1. The molecule has 5 rings (SSSR count). The Labute approximate surface area is 192 Å². The largest absolute Gasteiger partial charge is 0.465 e. The molecule has 0 bridgehead atoms. The van der Waals surface area contributed by atoms with Crippen molar-refractivity contribution in [2.45, 2.75) is 13.0 Å². The number of carbonyl (C=O) groups is 1. The van der Waals surface area contributed by atoms with Gasteiger partial charge in [0.2, 0.25) is 0 Å². The summed E-state index contributed by atoms with van der Waals surface area (Å²) < 4.78 is 29.9. The minimum Gasteiger partial charge on any atom is -0.465 e. The maximum Gasteiger partial charge on any atom is 0.407 e. The number of benzene rings is 2. The van der Waals surface area contributed by atoms with Gasteiger partial charge in [0.15, 0.2) is 5.82 Å². The van der Waals surface area contributed by atoms with Crippen LogP contribution in [0.1, 0.15) is 6.92 Å². The first kappa shape index (κ1) is 21.3. The average Bonchev–Trinajstić information content (AvgIpc) is 2.81.